The van der Waals surface area contributed by atoms with Crippen LogP contribution in [0, 0.1) is 24.1 Å². The van der Waals surface area contributed by atoms with Crippen molar-refractivity contribution in [1.29, 1.82) is 5.26 Å². The third-order valence-electron chi connectivity index (χ3n) is 4.02. The van der Waals surface area contributed by atoms with E-state index in [1.165, 1.54) is 13.0 Å². The highest BCUT2D eigenvalue weighted by molar-refractivity contribution is 5.96. The molecule has 0 fully saturated rings. The van der Waals surface area contributed by atoms with Crippen molar-refractivity contribution in [3.8, 4) is 6.07 Å². The Labute approximate surface area is 169 Å². The van der Waals surface area contributed by atoms with Crippen molar-refractivity contribution in [3.63, 3.8) is 0 Å². The van der Waals surface area contributed by atoms with Crippen molar-refractivity contribution in [3.05, 3.63) is 58.9 Å². The molecular formula is C20H18F4N4O2. The van der Waals surface area contributed by atoms with Gasteiger partial charge in [0.05, 0.1) is 19.0 Å². The van der Waals surface area contributed by atoms with E-state index in [1.807, 2.05) is 6.07 Å². The minimum atomic E-state index is -4.59. The fourth-order valence-corrected chi connectivity index (χ4v) is 2.45. The van der Waals surface area contributed by atoms with Gasteiger partial charge in [-0.15, -0.1) is 0 Å². The number of carbonyl (C=O) groups excluding carboxylic acids is 2. The Balaban J connectivity index is 2.01. The molecule has 0 unspecified atom stereocenters. The molecule has 6 nitrogen and oxygen atoms in total. The summed E-state index contributed by atoms with van der Waals surface area (Å²) in [5.41, 5.74) is 1.19. The molecule has 2 aromatic rings. The SMILES string of the molecule is Cc1c(F)cc(C(=O)NCC(F)(F)F)cc1NCC(=O)Nc1ccc(CC#N)cc1. The van der Waals surface area contributed by atoms with Gasteiger partial charge in [0.25, 0.3) is 5.91 Å². The van der Waals surface area contributed by atoms with Crippen molar-refractivity contribution in [2.45, 2.75) is 19.5 Å². The molecule has 0 radical (unpaired) electrons. The van der Waals surface area contributed by atoms with E-state index in [9.17, 15) is 27.2 Å². The van der Waals surface area contributed by atoms with Crippen molar-refractivity contribution >= 4 is 23.2 Å². The fourth-order valence-electron chi connectivity index (χ4n) is 2.45. The molecule has 0 spiro atoms. The number of hydrogen-bond acceptors (Lipinski definition) is 4. The number of nitrogens with zero attached hydrogens (tertiary/aromatic N) is 1. The van der Waals surface area contributed by atoms with Gasteiger partial charge in [-0.3, -0.25) is 9.59 Å². The highest BCUT2D eigenvalue weighted by Crippen LogP contribution is 2.21. The Morgan fingerprint density at radius 3 is 2.40 bits per heavy atom. The van der Waals surface area contributed by atoms with Gasteiger partial charge < -0.3 is 16.0 Å². The summed E-state index contributed by atoms with van der Waals surface area (Å²) in [6.45, 7) is -0.408. The van der Waals surface area contributed by atoms with Crippen molar-refractivity contribution in [1.82, 2.24) is 5.32 Å². The highest BCUT2D eigenvalue weighted by Gasteiger charge is 2.28. The van der Waals surface area contributed by atoms with Gasteiger partial charge in [-0.2, -0.15) is 18.4 Å². The molecule has 30 heavy (non-hydrogen) atoms. The number of rotatable bonds is 7. The van der Waals surface area contributed by atoms with E-state index in [-0.39, 0.29) is 29.8 Å². The minimum absolute atomic E-state index is 0.103. The third kappa shape index (κ3) is 6.77. The first-order valence-corrected chi connectivity index (χ1v) is 8.74. The van der Waals surface area contributed by atoms with Gasteiger partial charge in [-0.25, -0.2) is 4.39 Å². The lowest BCUT2D eigenvalue weighted by Crippen LogP contribution is -2.33. The summed E-state index contributed by atoms with van der Waals surface area (Å²) in [7, 11) is 0. The molecule has 0 aliphatic carbocycles. The molecule has 158 valence electrons. The van der Waals surface area contributed by atoms with E-state index >= 15 is 0 Å². The summed E-state index contributed by atoms with van der Waals surface area (Å²) >= 11 is 0. The monoisotopic (exact) mass is 422 g/mol. The van der Waals surface area contributed by atoms with Crippen LogP contribution in [0.3, 0.4) is 0 Å². The maximum Gasteiger partial charge on any atom is 0.405 e. The van der Waals surface area contributed by atoms with Crippen LogP contribution >= 0.6 is 0 Å². The number of anilines is 2. The van der Waals surface area contributed by atoms with Gasteiger partial charge in [0.2, 0.25) is 5.91 Å². The first kappa shape index (κ1) is 22.7. The van der Waals surface area contributed by atoms with Gasteiger partial charge in [-0.05, 0) is 36.8 Å². The molecule has 0 bridgehead atoms. The second-order valence-corrected chi connectivity index (χ2v) is 6.36. The zero-order valence-electron chi connectivity index (χ0n) is 15.9. The van der Waals surface area contributed by atoms with Gasteiger partial charge in [-0.1, -0.05) is 12.1 Å². The molecular weight excluding hydrogens is 404 g/mol. The number of nitrogens with one attached hydrogen (secondary N) is 3. The lowest BCUT2D eigenvalue weighted by atomic mass is 10.1. The van der Waals surface area contributed by atoms with Crippen LogP contribution in [0.5, 0.6) is 0 Å². The summed E-state index contributed by atoms with van der Waals surface area (Å²) in [5, 5.41) is 15.6. The Morgan fingerprint density at radius 1 is 1.13 bits per heavy atom. The largest absolute Gasteiger partial charge is 0.405 e. The number of amides is 2. The Morgan fingerprint density at radius 2 is 1.80 bits per heavy atom. The maximum absolute atomic E-state index is 14.1. The van der Waals surface area contributed by atoms with Crippen LogP contribution in [0.4, 0.5) is 28.9 Å². The van der Waals surface area contributed by atoms with Crippen LogP contribution in [0.25, 0.3) is 0 Å². The Bertz CT molecular complexity index is 966. The molecule has 0 aromatic heterocycles. The molecule has 3 N–H and O–H groups in total. The number of nitriles is 1. The summed E-state index contributed by atoms with van der Waals surface area (Å²) in [6.07, 6.45) is -4.35. The van der Waals surface area contributed by atoms with Crippen LogP contribution in [0.15, 0.2) is 36.4 Å². The van der Waals surface area contributed by atoms with Crippen LogP contribution < -0.4 is 16.0 Å². The molecule has 0 saturated heterocycles. The Hall–Kier alpha value is -3.61. The minimum Gasteiger partial charge on any atom is -0.376 e. The van der Waals surface area contributed by atoms with Crippen LogP contribution in [0.2, 0.25) is 0 Å². The predicted octanol–water partition coefficient (Wildman–Crippen LogP) is 3.54. The lowest BCUT2D eigenvalue weighted by Gasteiger charge is -2.14. The van der Waals surface area contributed by atoms with Crippen molar-refractivity contribution in [2.75, 3.05) is 23.7 Å². The summed E-state index contributed by atoms with van der Waals surface area (Å²) in [5.74, 6) is -2.35. The molecule has 0 heterocycles. The molecule has 10 heteroatoms. The van der Waals surface area contributed by atoms with Gasteiger partial charge in [0.15, 0.2) is 0 Å². The average molecular weight is 422 g/mol. The number of carbonyl (C=O) groups is 2. The average Bonchev–Trinajstić information content (AvgIpc) is 2.68. The topological polar surface area (TPSA) is 94.0 Å². The molecule has 0 aliphatic heterocycles. The first-order valence-electron chi connectivity index (χ1n) is 8.74. The van der Waals surface area contributed by atoms with Crippen molar-refractivity contribution < 1.29 is 27.2 Å². The third-order valence-corrected chi connectivity index (χ3v) is 4.02. The van der Waals surface area contributed by atoms with Gasteiger partial charge >= 0.3 is 6.18 Å². The van der Waals surface area contributed by atoms with Crippen LogP contribution in [-0.4, -0.2) is 31.1 Å². The summed E-state index contributed by atoms with van der Waals surface area (Å²) in [6, 6.07) is 10.6. The number of benzene rings is 2. The number of halogens is 4. The van der Waals surface area contributed by atoms with E-state index in [0.717, 1.165) is 11.6 Å². The van der Waals surface area contributed by atoms with Crippen LogP contribution in [-0.2, 0) is 11.2 Å². The van der Waals surface area contributed by atoms with E-state index in [1.54, 1.807) is 29.6 Å². The van der Waals surface area contributed by atoms with Gasteiger partial charge in [0, 0.05) is 22.5 Å². The van der Waals surface area contributed by atoms with E-state index in [0.29, 0.717) is 5.69 Å². The second kappa shape index (κ2) is 9.73. The standard InChI is InChI=1S/C20H18F4N4O2/c1-12-16(21)8-14(19(30)27-11-20(22,23)24)9-17(12)26-10-18(29)28-15-4-2-13(3-5-15)6-7-25/h2-5,8-9,26H,6,10-11H2,1H3,(H,27,30)(H,28,29). The van der Waals surface area contributed by atoms with Gasteiger partial charge in [0.1, 0.15) is 12.4 Å². The molecule has 2 rings (SSSR count). The summed E-state index contributed by atoms with van der Waals surface area (Å²) in [4.78, 5) is 24.0. The number of hydrogen-bond donors (Lipinski definition) is 3. The van der Waals surface area contributed by atoms with E-state index in [4.69, 9.17) is 5.26 Å². The molecule has 2 aromatic carbocycles. The normalized spacial score (nSPS) is 10.8. The predicted molar refractivity (Wildman–Crippen MR) is 102 cm³/mol. The molecule has 2 amide bonds. The lowest BCUT2D eigenvalue weighted by molar-refractivity contribution is -0.123. The van der Waals surface area contributed by atoms with Crippen LogP contribution in [0.1, 0.15) is 21.5 Å². The first-order chi connectivity index (χ1) is 14.1. The summed E-state index contributed by atoms with van der Waals surface area (Å²) < 4.78 is 50.8. The molecule has 0 aliphatic rings. The molecule has 0 saturated carbocycles. The highest BCUT2D eigenvalue weighted by atomic mass is 19.4. The quantitative estimate of drug-likeness (QED) is 0.595. The zero-order chi connectivity index (χ0) is 22.3. The van der Waals surface area contributed by atoms with E-state index in [2.05, 4.69) is 10.6 Å². The van der Waals surface area contributed by atoms with Crippen molar-refractivity contribution in [2.24, 2.45) is 0 Å². The van der Waals surface area contributed by atoms with E-state index < -0.39 is 30.4 Å². The fraction of sp³-hybridized carbons (Fsp3) is 0.250. The zero-order valence-corrected chi connectivity index (χ0v) is 15.9. The second-order valence-electron chi connectivity index (χ2n) is 6.36. The smallest absolute Gasteiger partial charge is 0.376 e. The number of alkyl halides is 3. The molecule has 0 atom stereocenters. The Kier molecular flexibility index (Phi) is 7.36. The maximum atomic E-state index is 14.1.